The summed E-state index contributed by atoms with van der Waals surface area (Å²) in [5, 5.41) is 0. The molecule has 0 spiro atoms. The number of ether oxygens (including phenoxy) is 2. The van der Waals surface area contributed by atoms with E-state index in [0.717, 1.165) is 6.42 Å². The molecule has 1 aromatic heterocycles. The van der Waals surface area contributed by atoms with Crippen molar-refractivity contribution in [3.8, 4) is 0 Å². The largest absolute Gasteiger partial charge is 0.385 e. The number of nitrogens with zero attached hydrogens (tertiary/aromatic N) is 2. The predicted molar refractivity (Wildman–Crippen MR) is 68.2 cm³/mol. The number of aryl methyl sites for hydroxylation is 1. The van der Waals surface area contributed by atoms with E-state index in [2.05, 4.69) is 20.9 Å². The smallest absolute Gasteiger partial charge is 0.267 e. The van der Waals surface area contributed by atoms with Crippen LogP contribution in [0.4, 0.5) is 0 Å². The predicted octanol–water partition coefficient (Wildman–Crippen LogP) is 1.37. The van der Waals surface area contributed by atoms with Gasteiger partial charge in [-0.3, -0.25) is 9.36 Å². The monoisotopic (exact) mass is 304 g/mol. The molecule has 0 bridgehead atoms. The zero-order valence-electron chi connectivity index (χ0n) is 10.1. The molecule has 6 heteroatoms. The zero-order chi connectivity index (χ0) is 12.7. The molecule has 0 unspecified atom stereocenters. The van der Waals surface area contributed by atoms with Crippen LogP contribution in [0.15, 0.2) is 15.5 Å². The van der Waals surface area contributed by atoms with E-state index in [0.29, 0.717) is 36.7 Å². The third-order valence-electron chi connectivity index (χ3n) is 2.30. The average Bonchev–Trinajstić information content (AvgIpc) is 2.32. The van der Waals surface area contributed by atoms with Crippen LogP contribution in [0.2, 0.25) is 0 Å². The summed E-state index contributed by atoms with van der Waals surface area (Å²) in [4.78, 5) is 15.9. The van der Waals surface area contributed by atoms with Crippen LogP contribution < -0.4 is 5.56 Å². The fourth-order valence-corrected chi connectivity index (χ4v) is 1.69. The Morgan fingerprint density at radius 1 is 1.41 bits per heavy atom. The molecule has 0 amide bonds. The fraction of sp³-hybridized carbons (Fsp3) is 0.636. The lowest BCUT2D eigenvalue weighted by Gasteiger charge is -2.09. The minimum atomic E-state index is -0.0713. The Hall–Kier alpha value is -0.720. The Balaban J connectivity index is 2.42. The summed E-state index contributed by atoms with van der Waals surface area (Å²) in [5.41, 5.74) is -0.0713. The Morgan fingerprint density at radius 2 is 2.18 bits per heavy atom. The molecule has 0 radical (unpaired) electrons. The lowest BCUT2D eigenvalue weighted by molar-refractivity contribution is 0.0967. The van der Waals surface area contributed by atoms with Gasteiger partial charge in [0.25, 0.3) is 5.56 Å². The van der Waals surface area contributed by atoms with E-state index in [-0.39, 0.29) is 5.56 Å². The summed E-state index contributed by atoms with van der Waals surface area (Å²) in [6.07, 6.45) is 2.38. The summed E-state index contributed by atoms with van der Waals surface area (Å²) in [7, 11) is 1.66. The second kappa shape index (κ2) is 7.58. The normalized spacial score (nSPS) is 10.8. The first-order valence-corrected chi connectivity index (χ1v) is 6.24. The van der Waals surface area contributed by atoms with Crippen molar-refractivity contribution in [3.05, 3.63) is 26.8 Å². The Kier molecular flexibility index (Phi) is 6.39. The Morgan fingerprint density at radius 3 is 2.88 bits per heavy atom. The van der Waals surface area contributed by atoms with Crippen LogP contribution in [0.5, 0.6) is 0 Å². The molecule has 1 aromatic rings. The minimum absolute atomic E-state index is 0.0713. The van der Waals surface area contributed by atoms with Gasteiger partial charge < -0.3 is 9.47 Å². The quantitative estimate of drug-likeness (QED) is 0.714. The fourth-order valence-electron chi connectivity index (χ4n) is 1.38. The highest BCUT2D eigenvalue weighted by molar-refractivity contribution is 9.10. The molecule has 17 heavy (non-hydrogen) atoms. The number of rotatable bonds is 7. The van der Waals surface area contributed by atoms with Crippen LogP contribution in [-0.4, -0.2) is 36.5 Å². The molecule has 0 aliphatic rings. The van der Waals surface area contributed by atoms with Gasteiger partial charge in [-0.2, -0.15) is 0 Å². The van der Waals surface area contributed by atoms with E-state index in [4.69, 9.17) is 9.47 Å². The van der Waals surface area contributed by atoms with Crippen LogP contribution in [0.1, 0.15) is 12.2 Å². The summed E-state index contributed by atoms with van der Waals surface area (Å²) >= 11 is 3.17. The second-order valence-corrected chi connectivity index (χ2v) is 4.42. The van der Waals surface area contributed by atoms with Crippen molar-refractivity contribution in [1.82, 2.24) is 9.55 Å². The van der Waals surface area contributed by atoms with Crippen LogP contribution in [-0.2, 0) is 16.0 Å². The lowest BCUT2D eigenvalue weighted by Crippen LogP contribution is -2.26. The number of hydrogen-bond acceptors (Lipinski definition) is 4. The van der Waals surface area contributed by atoms with Crippen molar-refractivity contribution < 1.29 is 9.47 Å². The van der Waals surface area contributed by atoms with Gasteiger partial charge >= 0.3 is 0 Å². The molecule has 0 fully saturated rings. The van der Waals surface area contributed by atoms with E-state index < -0.39 is 0 Å². The average molecular weight is 305 g/mol. The van der Waals surface area contributed by atoms with Crippen molar-refractivity contribution in [2.75, 3.05) is 26.9 Å². The van der Waals surface area contributed by atoms with Gasteiger partial charge in [-0.1, -0.05) is 0 Å². The SMILES string of the molecule is COCCCOCCn1c(C)ncc(Br)c1=O. The molecule has 1 heterocycles. The van der Waals surface area contributed by atoms with Crippen molar-refractivity contribution in [1.29, 1.82) is 0 Å². The molecule has 0 N–H and O–H groups in total. The molecule has 1 rings (SSSR count). The van der Waals surface area contributed by atoms with E-state index in [1.54, 1.807) is 18.6 Å². The van der Waals surface area contributed by atoms with E-state index >= 15 is 0 Å². The highest BCUT2D eigenvalue weighted by Gasteiger charge is 2.04. The highest BCUT2D eigenvalue weighted by atomic mass is 79.9. The molecule has 5 nitrogen and oxygen atoms in total. The van der Waals surface area contributed by atoms with Gasteiger partial charge in [-0.15, -0.1) is 0 Å². The lowest BCUT2D eigenvalue weighted by atomic mass is 10.5. The molecule has 96 valence electrons. The van der Waals surface area contributed by atoms with Gasteiger partial charge in [0.2, 0.25) is 0 Å². The van der Waals surface area contributed by atoms with E-state index in [9.17, 15) is 4.79 Å². The number of hydrogen-bond donors (Lipinski definition) is 0. The summed E-state index contributed by atoms with van der Waals surface area (Å²) < 4.78 is 12.4. The van der Waals surface area contributed by atoms with Crippen LogP contribution >= 0.6 is 15.9 Å². The molecule has 0 aliphatic heterocycles. The van der Waals surface area contributed by atoms with Gasteiger partial charge in [-0.25, -0.2) is 4.98 Å². The Bertz CT molecular complexity index is 406. The Labute approximate surface area is 109 Å². The van der Waals surface area contributed by atoms with Crippen molar-refractivity contribution in [2.24, 2.45) is 0 Å². The maximum atomic E-state index is 11.8. The van der Waals surface area contributed by atoms with E-state index in [1.165, 1.54) is 6.20 Å². The molecular weight excluding hydrogens is 288 g/mol. The van der Waals surface area contributed by atoms with Crippen LogP contribution in [0.3, 0.4) is 0 Å². The first-order valence-electron chi connectivity index (χ1n) is 5.45. The molecule has 0 saturated heterocycles. The molecule has 0 atom stereocenters. The third kappa shape index (κ3) is 4.57. The number of halogens is 1. The van der Waals surface area contributed by atoms with Crippen molar-refractivity contribution in [3.63, 3.8) is 0 Å². The number of methoxy groups -OCH3 is 1. The van der Waals surface area contributed by atoms with Crippen molar-refractivity contribution >= 4 is 15.9 Å². The standard InChI is InChI=1S/C11H17BrN2O3/c1-9-13-8-10(12)11(15)14(9)4-7-17-6-3-5-16-2/h8H,3-7H2,1-2H3. The maximum absolute atomic E-state index is 11.8. The van der Waals surface area contributed by atoms with Crippen LogP contribution in [0.25, 0.3) is 0 Å². The summed E-state index contributed by atoms with van der Waals surface area (Å²) in [6.45, 7) is 4.16. The minimum Gasteiger partial charge on any atom is -0.385 e. The van der Waals surface area contributed by atoms with Gasteiger partial charge in [0.05, 0.1) is 13.2 Å². The summed E-state index contributed by atoms with van der Waals surface area (Å²) in [5.74, 6) is 0.693. The molecule has 0 saturated carbocycles. The first-order chi connectivity index (χ1) is 8.16. The molecular formula is C11H17BrN2O3. The van der Waals surface area contributed by atoms with Gasteiger partial charge in [0.15, 0.2) is 0 Å². The second-order valence-electron chi connectivity index (χ2n) is 3.57. The van der Waals surface area contributed by atoms with Crippen LogP contribution in [0, 0.1) is 6.92 Å². The van der Waals surface area contributed by atoms with Gasteiger partial charge in [0, 0.05) is 26.5 Å². The number of aromatic nitrogens is 2. The van der Waals surface area contributed by atoms with Crippen molar-refractivity contribution in [2.45, 2.75) is 19.9 Å². The maximum Gasteiger partial charge on any atom is 0.267 e. The third-order valence-corrected chi connectivity index (χ3v) is 2.85. The van der Waals surface area contributed by atoms with Gasteiger partial charge in [-0.05, 0) is 29.3 Å². The topological polar surface area (TPSA) is 53.4 Å². The highest BCUT2D eigenvalue weighted by Crippen LogP contribution is 2.01. The zero-order valence-corrected chi connectivity index (χ0v) is 11.7. The first kappa shape index (κ1) is 14.3. The molecule has 0 aromatic carbocycles. The van der Waals surface area contributed by atoms with E-state index in [1.807, 2.05) is 0 Å². The summed E-state index contributed by atoms with van der Waals surface area (Å²) in [6, 6.07) is 0. The molecule has 0 aliphatic carbocycles. The van der Waals surface area contributed by atoms with Gasteiger partial charge in [0.1, 0.15) is 10.3 Å².